The zero-order valence-electron chi connectivity index (χ0n) is 31.7. The number of allylic oxidation sites excluding steroid dienone is 4. The summed E-state index contributed by atoms with van der Waals surface area (Å²) in [5.41, 5.74) is 0. The fourth-order valence-electron chi connectivity index (χ4n) is 6.29. The first-order valence-electron chi connectivity index (χ1n) is 19.9. The Balaban J connectivity index is 0. The van der Waals surface area contributed by atoms with Gasteiger partial charge in [-0.2, -0.15) is 0 Å². The molecule has 0 unspecified atom stereocenters. The molecule has 0 aromatic carbocycles. The van der Waals surface area contributed by atoms with Gasteiger partial charge in [0.15, 0.2) is 0 Å². The Morgan fingerprint density at radius 1 is 0.478 bits per heavy atom. The van der Waals surface area contributed by atoms with Crippen molar-refractivity contribution >= 4 is 11.6 Å². The summed E-state index contributed by atoms with van der Waals surface area (Å²) in [6.45, 7) is 5.31. The highest BCUT2D eigenvalue weighted by Gasteiger charge is 2.27. The molecule has 0 radical (unpaired) electrons. The third kappa shape index (κ3) is 35.9. The fraction of sp³-hybridized carbons (Fsp3) is 0.857. The molecule has 0 saturated carbocycles. The minimum absolute atomic E-state index is 0. The van der Waals surface area contributed by atoms with Crippen LogP contribution in [0.4, 0.5) is 0 Å². The van der Waals surface area contributed by atoms with E-state index in [1.807, 2.05) is 0 Å². The number of unbranched alkanes of at least 4 members (excludes halogenated alkanes) is 22. The van der Waals surface area contributed by atoms with Crippen LogP contribution in [0.15, 0.2) is 24.3 Å². The maximum Gasteiger partial charge on any atom is 0.142 e. The standard InChI is InChI=1S/C42H80NO2.ClH/c1-6-8-10-12-14-16-18-20-22-24-26-28-30-32-34-36-41(44)38-40(39-43(3,4)5)42(45)37-35-33-31-29-27-25-23-21-19-17-15-13-11-9-7-2;/h20-23,40H,6-19,24-39H2,1-5H3;1H/q+1;/p-1/b22-20-,23-21-;/t40-;/m1./s1. The van der Waals surface area contributed by atoms with Crippen LogP contribution in [0.25, 0.3) is 0 Å². The number of Topliss-reactive ketones (excluding diaryl/α,β-unsaturated/α-hetero) is 2. The predicted molar refractivity (Wildman–Crippen MR) is 200 cm³/mol. The van der Waals surface area contributed by atoms with E-state index in [4.69, 9.17) is 0 Å². The fourth-order valence-corrected chi connectivity index (χ4v) is 6.29. The van der Waals surface area contributed by atoms with E-state index in [1.54, 1.807) is 0 Å². The molecule has 0 amide bonds. The molecule has 3 nitrogen and oxygen atoms in total. The van der Waals surface area contributed by atoms with Gasteiger partial charge in [-0.3, -0.25) is 9.59 Å². The van der Waals surface area contributed by atoms with Crippen LogP contribution in [0.5, 0.6) is 0 Å². The quantitative estimate of drug-likeness (QED) is 0.0384. The van der Waals surface area contributed by atoms with Crippen molar-refractivity contribution in [3.8, 4) is 0 Å². The van der Waals surface area contributed by atoms with Crippen molar-refractivity contribution < 1.29 is 26.5 Å². The van der Waals surface area contributed by atoms with Crippen molar-refractivity contribution in [1.29, 1.82) is 0 Å². The van der Waals surface area contributed by atoms with Gasteiger partial charge in [0.25, 0.3) is 0 Å². The summed E-state index contributed by atoms with van der Waals surface area (Å²) >= 11 is 0. The summed E-state index contributed by atoms with van der Waals surface area (Å²) in [6.07, 6.45) is 44.3. The Kier molecular flexibility index (Phi) is 36.3. The molecule has 0 aliphatic carbocycles. The van der Waals surface area contributed by atoms with Crippen LogP contribution in [0.2, 0.25) is 0 Å². The minimum atomic E-state index is -0.114. The highest BCUT2D eigenvalue weighted by Crippen LogP contribution is 2.18. The molecule has 4 heteroatoms. The first-order chi connectivity index (χ1) is 21.8. The number of hydrogen-bond donors (Lipinski definition) is 0. The molecule has 0 fully saturated rings. The lowest BCUT2D eigenvalue weighted by atomic mass is 9.91. The molecule has 0 N–H and O–H groups in total. The van der Waals surface area contributed by atoms with Gasteiger partial charge in [-0.15, -0.1) is 0 Å². The third-order valence-electron chi connectivity index (χ3n) is 9.10. The zero-order chi connectivity index (χ0) is 33.3. The molecular formula is C42H80ClNO2. The highest BCUT2D eigenvalue weighted by molar-refractivity contribution is 5.88. The second-order valence-corrected chi connectivity index (χ2v) is 15.0. The maximum atomic E-state index is 13.1. The lowest BCUT2D eigenvalue weighted by Crippen LogP contribution is -3.00. The first-order valence-corrected chi connectivity index (χ1v) is 19.9. The minimum Gasteiger partial charge on any atom is -1.00 e. The molecule has 0 aromatic rings. The first kappa shape index (κ1) is 47.2. The summed E-state index contributed by atoms with van der Waals surface area (Å²) in [5, 5.41) is 0. The monoisotopic (exact) mass is 666 g/mol. The average Bonchev–Trinajstić information content (AvgIpc) is 3.00. The Labute approximate surface area is 295 Å². The molecule has 0 bridgehead atoms. The summed E-state index contributed by atoms with van der Waals surface area (Å²) in [4.78, 5) is 25.9. The summed E-state index contributed by atoms with van der Waals surface area (Å²) in [6, 6.07) is 0. The number of carbonyl (C=O) groups excluding carboxylic acids is 2. The number of quaternary nitrogens is 1. The molecule has 1 atom stereocenters. The van der Waals surface area contributed by atoms with E-state index in [9.17, 15) is 9.59 Å². The summed E-state index contributed by atoms with van der Waals surface area (Å²) < 4.78 is 0.740. The zero-order valence-corrected chi connectivity index (χ0v) is 32.5. The Bertz CT molecular complexity index is 724. The molecule has 0 spiro atoms. The molecule has 46 heavy (non-hydrogen) atoms. The van der Waals surface area contributed by atoms with Crippen LogP contribution in [0.3, 0.4) is 0 Å². The van der Waals surface area contributed by atoms with Gasteiger partial charge >= 0.3 is 0 Å². The van der Waals surface area contributed by atoms with Gasteiger partial charge in [0.2, 0.25) is 0 Å². The molecule has 0 rings (SSSR count). The number of halogens is 1. The van der Waals surface area contributed by atoms with Crippen molar-refractivity contribution in [1.82, 2.24) is 0 Å². The van der Waals surface area contributed by atoms with Gasteiger partial charge in [0, 0.05) is 19.3 Å². The van der Waals surface area contributed by atoms with E-state index in [1.165, 1.54) is 141 Å². The SMILES string of the molecule is CCCCCCCC/C=C\CCCCCCCC(=O)C[C@H](C[N+](C)(C)C)C(=O)CCCCCCC/C=C\CCCCCCCC.[Cl-]. The Morgan fingerprint density at radius 3 is 1.17 bits per heavy atom. The van der Waals surface area contributed by atoms with Crippen LogP contribution >= 0.6 is 0 Å². The second-order valence-electron chi connectivity index (χ2n) is 15.0. The van der Waals surface area contributed by atoms with Crippen LogP contribution in [0.1, 0.15) is 200 Å². The highest BCUT2D eigenvalue weighted by atomic mass is 35.5. The van der Waals surface area contributed by atoms with E-state index in [0.717, 1.165) is 36.7 Å². The van der Waals surface area contributed by atoms with Crippen LogP contribution in [-0.4, -0.2) is 43.7 Å². The van der Waals surface area contributed by atoms with E-state index >= 15 is 0 Å². The van der Waals surface area contributed by atoms with Crippen LogP contribution in [0, 0.1) is 5.92 Å². The number of hydrogen-bond acceptors (Lipinski definition) is 2. The molecule has 272 valence electrons. The topological polar surface area (TPSA) is 34.1 Å². The van der Waals surface area contributed by atoms with E-state index in [-0.39, 0.29) is 18.3 Å². The van der Waals surface area contributed by atoms with Crippen molar-refractivity contribution in [2.75, 3.05) is 27.7 Å². The normalized spacial score (nSPS) is 12.6. The van der Waals surface area contributed by atoms with Crippen molar-refractivity contribution in [3.05, 3.63) is 24.3 Å². The second kappa shape index (κ2) is 35.4. The Hall–Kier alpha value is -0.930. The van der Waals surface area contributed by atoms with Crippen molar-refractivity contribution in [2.45, 2.75) is 200 Å². The molecular weight excluding hydrogens is 586 g/mol. The predicted octanol–water partition coefficient (Wildman–Crippen LogP) is 9.92. The van der Waals surface area contributed by atoms with Crippen LogP contribution < -0.4 is 12.4 Å². The third-order valence-corrected chi connectivity index (χ3v) is 9.10. The average molecular weight is 667 g/mol. The largest absolute Gasteiger partial charge is 1.00 e. The molecule has 0 aromatic heterocycles. The van der Waals surface area contributed by atoms with Gasteiger partial charge in [-0.1, -0.05) is 141 Å². The number of carbonyl (C=O) groups is 2. The number of nitrogens with zero attached hydrogens (tertiary/aromatic N) is 1. The van der Waals surface area contributed by atoms with Crippen molar-refractivity contribution in [3.63, 3.8) is 0 Å². The smallest absolute Gasteiger partial charge is 0.142 e. The lowest BCUT2D eigenvalue weighted by Gasteiger charge is -2.28. The molecule has 0 saturated heterocycles. The lowest BCUT2D eigenvalue weighted by molar-refractivity contribution is -0.872. The van der Waals surface area contributed by atoms with E-state index in [2.05, 4.69) is 59.3 Å². The maximum absolute atomic E-state index is 13.1. The van der Waals surface area contributed by atoms with Crippen LogP contribution in [-0.2, 0) is 9.59 Å². The molecule has 0 aliphatic rings. The molecule has 0 heterocycles. The van der Waals surface area contributed by atoms with E-state index < -0.39 is 0 Å². The van der Waals surface area contributed by atoms with Gasteiger partial charge in [0.1, 0.15) is 11.6 Å². The molecule has 0 aliphatic heterocycles. The van der Waals surface area contributed by atoms with Gasteiger partial charge in [-0.25, -0.2) is 0 Å². The van der Waals surface area contributed by atoms with Gasteiger partial charge < -0.3 is 16.9 Å². The van der Waals surface area contributed by atoms with Gasteiger partial charge in [-0.05, 0) is 64.2 Å². The van der Waals surface area contributed by atoms with Crippen molar-refractivity contribution in [2.24, 2.45) is 5.92 Å². The summed E-state index contributed by atoms with van der Waals surface area (Å²) in [7, 11) is 6.41. The number of ketones is 2. The van der Waals surface area contributed by atoms with Gasteiger partial charge in [0.05, 0.1) is 33.6 Å². The Morgan fingerprint density at radius 2 is 0.804 bits per heavy atom. The number of rotatable bonds is 35. The van der Waals surface area contributed by atoms with E-state index in [0.29, 0.717) is 30.8 Å². The summed E-state index contributed by atoms with van der Waals surface area (Å²) in [5.74, 6) is 0.500.